The maximum Gasteiger partial charge on any atom is 0.266 e. The van der Waals surface area contributed by atoms with E-state index in [0.717, 1.165) is 38.6 Å². The lowest BCUT2D eigenvalue weighted by molar-refractivity contribution is -0.122. The van der Waals surface area contributed by atoms with Crippen LogP contribution in [0.5, 0.6) is 0 Å². The summed E-state index contributed by atoms with van der Waals surface area (Å²) in [4.78, 5) is 20.0. The number of nitrogens with zero attached hydrogens (tertiary/aromatic N) is 4. The molecule has 1 amide bonds. The van der Waals surface area contributed by atoms with Gasteiger partial charge < -0.3 is 0 Å². The van der Waals surface area contributed by atoms with Crippen molar-refractivity contribution < 1.29 is 4.79 Å². The van der Waals surface area contributed by atoms with Crippen molar-refractivity contribution >= 4 is 61.8 Å². The number of para-hydroxylation sites is 2. The van der Waals surface area contributed by atoms with Crippen molar-refractivity contribution in [2.24, 2.45) is 0 Å². The normalized spacial score (nSPS) is 15.5. The molecule has 0 aliphatic carbocycles. The van der Waals surface area contributed by atoms with Crippen LogP contribution in [0.1, 0.15) is 18.9 Å². The third-order valence-corrected chi connectivity index (χ3v) is 7.29. The standard InChI is InChI=1S/C23H18N4OS3/c1-2-12-26-22(28)19(31-23(26)29)13-15-14-27(16-8-4-3-5-9-16)25-20(15)21-24-17-10-6-7-11-18(17)30-21/h3-11,13-14H,2,12H2,1H3. The molecule has 1 aliphatic rings. The summed E-state index contributed by atoms with van der Waals surface area (Å²) >= 11 is 8.37. The molecule has 154 valence electrons. The predicted octanol–water partition coefficient (Wildman–Crippen LogP) is 5.76. The van der Waals surface area contributed by atoms with Crippen molar-refractivity contribution in [3.8, 4) is 16.4 Å². The van der Waals surface area contributed by atoms with Gasteiger partial charge in [-0.25, -0.2) is 9.67 Å². The molecule has 0 N–H and O–H groups in total. The van der Waals surface area contributed by atoms with Gasteiger partial charge in [0.05, 0.1) is 20.8 Å². The number of carbonyl (C=O) groups excluding carboxylic acids is 1. The quantitative estimate of drug-likeness (QED) is 0.279. The molecule has 0 radical (unpaired) electrons. The zero-order valence-corrected chi connectivity index (χ0v) is 19.1. The Morgan fingerprint density at radius 3 is 2.65 bits per heavy atom. The predicted molar refractivity (Wildman–Crippen MR) is 132 cm³/mol. The van der Waals surface area contributed by atoms with E-state index in [1.165, 1.54) is 11.8 Å². The molecule has 31 heavy (non-hydrogen) atoms. The van der Waals surface area contributed by atoms with Crippen molar-refractivity contribution in [2.75, 3.05) is 6.54 Å². The number of amides is 1. The van der Waals surface area contributed by atoms with Crippen LogP contribution in [0.4, 0.5) is 0 Å². The summed E-state index contributed by atoms with van der Waals surface area (Å²) in [5.74, 6) is -0.0421. The van der Waals surface area contributed by atoms with E-state index in [9.17, 15) is 4.79 Å². The van der Waals surface area contributed by atoms with Crippen molar-refractivity contribution in [1.82, 2.24) is 19.7 Å². The molecule has 8 heteroatoms. The van der Waals surface area contributed by atoms with Gasteiger partial charge in [-0.3, -0.25) is 9.69 Å². The SMILES string of the molecule is CCCN1C(=O)C(=Cc2cn(-c3ccccc3)nc2-c2nc3ccccc3s2)SC1=S. The van der Waals surface area contributed by atoms with Gasteiger partial charge in [0.2, 0.25) is 0 Å². The van der Waals surface area contributed by atoms with E-state index in [1.807, 2.05) is 72.4 Å². The Balaban J connectivity index is 1.63. The Morgan fingerprint density at radius 2 is 1.87 bits per heavy atom. The molecule has 2 aromatic carbocycles. The first-order valence-corrected chi connectivity index (χ1v) is 11.9. The first-order chi connectivity index (χ1) is 15.1. The van der Waals surface area contributed by atoms with Gasteiger partial charge in [0.1, 0.15) is 15.0 Å². The maximum atomic E-state index is 12.9. The van der Waals surface area contributed by atoms with E-state index >= 15 is 0 Å². The fraction of sp³-hybridized carbons (Fsp3) is 0.130. The van der Waals surface area contributed by atoms with Crippen LogP contribution in [0.2, 0.25) is 0 Å². The molecule has 0 spiro atoms. The molecule has 0 saturated carbocycles. The first-order valence-electron chi connectivity index (χ1n) is 9.90. The molecule has 1 saturated heterocycles. The highest BCUT2D eigenvalue weighted by atomic mass is 32.2. The number of hydrogen-bond donors (Lipinski definition) is 0. The number of hydrogen-bond acceptors (Lipinski definition) is 6. The molecular formula is C23H18N4OS3. The van der Waals surface area contributed by atoms with Crippen LogP contribution in [0.3, 0.4) is 0 Å². The number of thiocarbonyl (C=S) groups is 1. The number of rotatable bonds is 5. The Morgan fingerprint density at radius 1 is 1.10 bits per heavy atom. The van der Waals surface area contributed by atoms with Crippen molar-refractivity contribution in [1.29, 1.82) is 0 Å². The monoisotopic (exact) mass is 462 g/mol. The molecule has 1 aliphatic heterocycles. The molecule has 4 aromatic rings. The molecule has 0 atom stereocenters. The van der Waals surface area contributed by atoms with Crippen LogP contribution >= 0.6 is 35.3 Å². The Hall–Kier alpha value is -2.81. The van der Waals surface area contributed by atoms with Gasteiger partial charge in [-0.1, -0.05) is 61.2 Å². The summed E-state index contributed by atoms with van der Waals surface area (Å²) < 4.78 is 3.54. The number of thioether (sulfide) groups is 1. The van der Waals surface area contributed by atoms with Crippen LogP contribution in [0.15, 0.2) is 65.7 Å². The molecule has 2 aromatic heterocycles. The van der Waals surface area contributed by atoms with Crippen molar-refractivity contribution in [2.45, 2.75) is 13.3 Å². The minimum atomic E-state index is -0.0421. The van der Waals surface area contributed by atoms with Gasteiger partial charge >= 0.3 is 0 Å². The fourth-order valence-corrected chi connectivity index (χ4v) is 5.68. The zero-order chi connectivity index (χ0) is 21.4. The number of aromatic nitrogens is 3. The minimum Gasteiger partial charge on any atom is -0.293 e. The minimum absolute atomic E-state index is 0.0421. The van der Waals surface area contributed by atoms with Crippen LogP contribution in [0.25, 0.3) is 32.7 Å². The highest BCUT2D eigenvalue weighted by Gasteiger charge is 2.31. The summed E-state index contributed by atoms with van der Waals surface area (Å²) in [5.41, 5.74) is 3.49. The highest BCUT2D eigenvalue weighted by molar-refractivity contribution is 8.26. The van der Waals surface area contributed by atoms with Crippen molar-refractivity contribution in [3.05, 3.63) is 71.3 Å². The molecule has 3 heterocycles. The summed E-state index contributed by atoms with van der Waals surface area (Å²) in [5, 5.41) is 5.67. The lowest BCUT2D eigenvalue weighted by atomic mass is 10.2. The fourth-order valence-electron chi connectivity index (χ4n) is 3.40. The molecular weight excluding hydrogens is 444 g/mol. The number of fused-ring (bicyclic) bond motifs is 1. The second-order valence-electron chi connectivity index (χ2n) is 7.03. The molecule has 0 unspecified atom stereocenters. The van der Waals surface area contributed by atoms with Crippen LogP contribution in [-0.4, -0.2) is 36.4 Å². The third kappa shape index (κ3) is 3.82. The highest BCUT2D eigenvalue weighted by Crippen LogP contribution is 2.36. The van der Waals surface area contributed by atoms with E-state index in [4.69, 9.17) is 22.3 Å². The summed E-state index contributed by atoms with van der Waals surface area (Å²) in [6, 6.07) is 18.0. The van der Waals surface area contributed by atoms with E-state index in [2.05, 4.69) is 6.07 Å². The second kappa shape index (κ2) is 8.37. The zero-order valence-electron chi connectivity index (χ0n) is 16.7. The second-order valence-corrected chi connectivity index (χ2v) is 9.74. The Labute approximate surface area is 193 Å². The number of carbonyl (C=O) groups is 1. The number of benzene rings is 2. The van der Waals surface area contributed by atoms with Gasteiger partial charge in [-0.15, -0.1) is 11.3 Å². The average Bonchev–Trinajstić information content (AvgIpc) is 3.47. The summed E-state index contributed by atoms with van der Waals surface area (Å²) in [6.07, 6.45) is 4.70. The van der Waals surface area contributed by atoms with Gasteiger partial charge in [0.25, 0.3) is 5.91 Å². The topological polar surface area (TPSA) is 51.0 Å². The Bertz CT molecular complexity index is 1290. The van der Waals surface area contributed by atoms with Crippen LogP contribution < -0.4 is 0 Å². The summed E-state index contributed by atoms with van der Waals surface area (Å²) in [7, 11) is 0. The van der Waals surface area contributed by atoms with E-state index < -0.39 is 0 Å². The Kier molecular flexibility index (Phi) is 5.43. The smallest absolute Gasteiger partial charge is 0.266 e. The van der Waals surface area contributed by atoms with Gasteiger partial charge in [0, 0.05) is 18.3 Å². The summed E-state index contributed by atoms with van der Waals surface area (Å²) in [6.45, 7) is 2.67. The molecule has 0 bridgehead atoms. The van der Waals surface area contributed by atoms with E-state index in [1.54, 1.807) is 16.2 Å². The van der Waals surface area contributed by atoms with Crippen LogP contribution in [0, 0.1) is 0 Å². The van der Waals surface area contributed by atoms with Gasteiger partial charge in [0.15, 0.2) is 0 Å². The van der Waals surface area contributed by atoms with E-state index in [-0.39, 0.29) is 5.91 Å². The maximum absolute atomic E-state index is 12.9. The van der Waals surface area contributed by atoms with E-state index in [0.29, 0.717) is 15.8 Å². The average molecular weight is 463 g/mol. The first kappa shape index (κ1) is 20.1. The molecule has 5 rings (SSSR count). The molecule has 5 nitrogen and oxygen atoms in total. The van der Waals surface area contributed by atoms with Gasteiger partial charge in [-0.05, 0) is 36.8 Å². The lowest BCUT2D eigenvalue weighted by Gasteiger charge is -2.11. The van der Waals surface area contributed by atoms with Crippen LogP contribution in [-0.2, 0) is 4.79 Å². The third-order valence-electron chi connectivity index (χ3n) is 4.87. The van der Waals surface area contributed by atoms with Gasteiger partial charge in [-0.2, -0.15) is 5.10 Å². The lowest BCUT2D eigenvalue weighted by Crippen LogP contribution is -2.28. The van der Waals surface area contributed by atoms with Crippen molar-refractivity contribution in [3.63, 3.8) is 0 Å². The molecule has 1 fully saturated rings. The largest absolute Gasteiger partial charge is 0.293 e. The number of thiazole rings is 1.